The van der Waals surface area contributed by atoms with E-state index in [1.54, 1.807) is 0 Å². The molecule has 0 saturated carbocycles. The Kier molecular flexibility index (Phi) is 7.89. The molecular weight excluding hydrogens is 687 g/mol. The number of rotatable bonds is 6. The Labute approximate surface area is 332 Å². The summed E-state index contributed by atoms with van der Waals surface area (Å²) in [4.78, 5) is 2.38. The quantitative estimate of drug-likeness (QED) is 0.154. The molecule has 57 heavy (non-hydrogen) atoms. The second-order valence-electron chi connectivity index (χ2n) is 14.9. The van der Waals surface area contributed by atoms with E-state index in [9.17, 15) is 0 Å². The molecule has 1 nitrogen and oxygen atoms in total. The van der Waals surface area contributed by atoms with E-state index in [0.717, 1.165) is 17.1 Å². The minimum atomic E-state index is 1.11. The van der Waals surface area contributed by atoms with Gasteiger partial charge in [0.1, 0.15) is 0 Å². The maximum atomic E-state index is 2.38. The van der Waals surface area contributed by atoms with Crippen molar-refractivity contribution in [2.45, 2.75) is 0 Å². The third-order valence-corrected chi connectivity index (χ3v) is 11.6. The zero-order valence-electron chi connectivity index (χ0n) is 31.3. The molecule has 0 aliphatic carbocycles. The number of anilines is 3. The van der Waals surface area contributed by atoms with Crippen LogP contribution in [0.1, 0.15) is 0 Å². The number of nitrogens with zero attached hydrogens (tertiary/aromatic N) is 1. The van der Waals surface area contributed by atoms with Crippen LogP contribution in [-0.4, -0.2) is 0 Å². The van der Waals surface area contributed by atoms with Crippen molar-refractivity contribution in [3.05, 3.63) is 224 Å². The number of fused-ring (bicyclic) bond motifs is 7. The lowest BCUT2D eigenvalue weighted by atomic mass is 9.90. The molecule has 0 heterocycles. The van der Waals surface area contributed by atoms with Gasteiger partial charge in [0.2, 0.25) is 0 Å². The minimum Gasteiger partial charge on any atom is -0.310 e. The van der Waals surface area contributed by atoms with Crippen LogP contribution in [0.15, 0.2) is 224 Å². The highest BCUT2D eigenvalue weighted by molar-refractivity contribution is 6.23. The summed E-state index contributed by atoms with van der Waals surface area (Å²) in [6.45, 7) is 0. The topological polar surface area (TPSA) is 3.24 Å². The minimum absolute atomic E-state index is 1.11. The molecule has 11 rings (SSSR count). The van der Waals surface area contributed by atoms with Crippen molar-refractivity contribution in [2.75, 3.05) is 4.90 Å². The maximum absolute atomic E-state index is 2.38. The van der Waals surface area contributed by atoms with Crippen molar-refractivity contribution in [1.29, 1.82) is 0 Å². The summed E-state index contributed by atoms with van der Waals surface area (Å²) in [6, 6.07) is 82.0. The van der Waals surface area contributed by atoms with Crippen molar-refractivity contribution in [1.82, 2.24) is 0 Å². The average molecular weight is 724 g/mol. The monoisotopic (exact) mass is 723 g/mol. The summed E-state index contributed by atoms with van der Waals surface area (Å²) in [7, 11) is 0. The summed E-state index contributed by atoms with van der Waals surface area (Å²) >= 11 is 0. The van der Waals surface area contributed by atoms with Gasteiger partial charge in [-0.15, -0.1) is 0 Å². The average Bonchev–Trinajstić information content (AvgIpc) is 3.29. The van der Waals surface area contributed by atoms with Crippen LogP contribution >= 0.6 is 0 Å². The first-order valence-corrected chi connectivity index (χ1v) is 19.7. The van der Waals surface area contributed by atoms with E-state index in [0.29, 0.717) is 0 Å². The van der Waals surface area contributed by atoms with Crippen molar-refractivity contribution in [3.63, 3.8) is 0 Å². The smallest absolute Gasteiger partial charge is 0.0468 e. The fourth-order valence-corrected chi connectivity index (χ4v) is 8.83. The van der Waals surface area contributed by atoms with Gasteiger partial charge in [-0.2, -0.15) is 0 Å². The van der Waals surface area contributed by atoms with E-state index in [-0.39, 0.29) is 0 Å². The third-order valence-electron chi connectivity index (χ3n) is 11.6. The second-order valence-corrected chi connectivity index (χ2v) is 14.9. The molecule has 0 aliphatic heterocycles. The van der Waals surface area contributed by atoms with E-state index < -0.39 is 0 Å². The molecule has 0 radical (unpaired) electrons. The van der Waals surface area contributed by atoms with Crippen LogP contribution in [0, 0.1) is 0 Å². The molecule has 0 spiro atoms. The number of benzene rings is 11. The van der Waals surface area contributed by atoms with Crippen molar-refractivity contribution < 1.29 is 0 Å². The van der Waals surface area contributed by atoms with Crippen LogP contribution in [0.5, 0.6) is 0 Å². The van der Waals surface area contributed by atoms with Crippen molar-refractivity contribution in [2.24, 2.45) is 0 Å². The largest absolute Gasteiger partial charge is 0.310 e. The normalized spacial score (nSPS) is 11.5. The lowest BCUT2D eigenvalue weighted by molar-refractivity contribution is 1.29. The molecule has 0 saturated heterocycles. The fourth-order valence-electron chi connectivity index (χ4n) is 8.83. The van der Waals surface area contributed by atoms with Gasteiger partial charge < -0.3 is 4.90 Å². The van der Waals surface area contributed by atoms with Gasteiger partial charge in [-0.25, -0.2) is 0 Å². The molecule has 0 fully saturated rings. The highest BCUT2D eigenvalue weighted by Crippen LogP contribution is 2.42. The molecule has 0 unspecified atom stereocenters. The standard InChI is InChI=1S/C56H37N/c1-2-12-38(13-3-1)42-17-10-18-48(35-42)57(47-31-28-41(29-32-47)51-23-11-16-39-14-4-6-19-50(39)51)49-33-30-43-34-45(26-25-44(43)36-49)55-37-46-27-24-40-15-5-7-20-52(40)56(46)54-22-9-8-21-53(54)55/h1-37H. The molecule has 11 aromatic rings. The van der Waals surface area contributed by atoms with E-state index in [1.807, 2.05) is 0 Å². The lowest BCUT2D eigenvalue weighted by Gasteiger charge is -2.27. The van der Waals surface area contributed by atoms with Crippen molar-refractivity contribution >= 4 is 70.9 Å². The first-order valence-electron chi connectivity index (χ1n) is 19.7. The molecule has 0 aliphatic rings. The third kappa shape index (κ3) is 5.80. The second kappa shape index (κ2) is 13.7. The molecule has 0 N–H and O–H groups in total. The first kappa shape index (κ1) is 32.9. The molecule has 266 valence electrons. The van der Waals surface area contributed by atoms with Gasteiger partial charge in [-0.1, -0.05) is 176 Å². The van der Waals surface area contributed by atoms with E-state index in [2.05, 4.69) is 229 Å². The predicted molar refractivity (Wildman–Crippen MR) is 245 cm³/mol. The van der Waals surface area contributed by atoms with Crippen LogP contribution in [-0.2, 0) is 0 Å². The summed E-state index contributed by atoms with van der Waals surface area (Å²) < 4.78 is 0. The molecule has 11 aromatic carbocycles. The molecule has 0 atom stereocenters. The van der Waals surface area contributed by atoms with E-state index in [4.69, 9.17) is 0 Å². The predicted octanol–water partition coefficient (Wildman–Crippen LogP) is 15.9. The SMILES string of the molecule is c1ccc(-c2cccc(N(c3ccc(-c4cccc5ccccc45)cc3)c3ccc4cc(-c5cc6ccc7ccccc7c6c6ccccc56)ccc4c3)c2)cc1. The molecule has 0 bridgehead atoms. The maximum Gasteiger partial charge on any atom is 0.0468 e. The summed E-state index contributed by atoms with van der Waals surface area (Å²) in [5, 5.41) is 12.6. The molecule has 0 aromatic heterocycles. The Bertz CT molecular complexity index is 3280. The number of hydrogen-bond acceptors (Lipinski definition) is 1. The zero-order valence-corrected chi connectivity index (χ0v) is 31.3. The van der Waals surface area contributed by atoms with Crippen LogP contribution in [0.3, 0.4) is 0 Å². The summed E-state index contributed by atoms with van der Waals surface area (Å²) in [6.07, 6.45) is 0. The van der Waals surface area contributed by atoms with Crippen LogP contribution < -0.4 is 4.90 Å². The Morgan fingerprint density at radius 2 is 0.789 bits per heavy atom. The van der Waals surface area contributed by atoms with Gasteiger partial charge in [0.05, 0.1) is 0 Å². The molecule has 1 heteroatoms. The molecular formula is C56H37N. The van der Waals surface area contributed by atoms with Crippen LogP contribution in [0.2, 0.25) is 0 Å². The Hall–Kier alpha value is -7.48. The number of hydrogen-bond donors (Lipinski definition) is 0. The van der Waals surface area contributed by atoms with E-state index in [1.165, 1.54) is 87.2 Å². The first-order chi connectivity index (χ1) is 28.2. The summed E-state index contributed by atoms with van der Waals surface area (Å²) in [5.41, 5.74) is 10.6. The van der Waals surface area contributed by atoms with Gasteiger partial charge in [-0.05, 0) is 136 Å². The Morgan fingerprint density at radius 3 is 1.63 bits per heavy atom. The summed E-state index contributed by atoms with van der Waals surface area (Å²) in [5.74, 6) is 0. The highest BCUT2D eigenvalue weighted by Gasteiger charge is 2.16. The fraction of sp³-hybridized carbons (Fsp3) is 0. The Balaban J connectivity index is 1.03. The lowest BCUT2D eigenvalue weighted by Crippen LogP contribution is -2.10. The van der Waals surface area contributed by atoms with Gasteiger partial charge in [0, 0.05) is 17.1 Å². The Morgan fingerprint density at radius 1 is 0.228 bits per heavy atom. The van der Waals surface area contributed by atoms with Crippen LogP contribution in [0.4, 0.5) is 17.1 Å². The van der Waals surface area contributed by atoms with Gasteiger partial charge in [0.25, 0.3) is 0 Å². The van der Waals surface area contributed by atoms with E-state index >= 15 is 0 Å². The van der Waals surface area contributed by atoms with Crippen molar-refractivity contribution in [3.8, 4) is 33.4 Å². The highest BCUT2D eigenvalue weighted by atomic mass is 15.1. The van der Waals surface area contributed by atoms with Gasteiger partial charge >= 0.3 is 0 Å². The molecule has 0 amide bonds. The van der Waals surface area contributed by atoms with Gasteiger partial charge in [0.15, 0.2) is 0 Å². The zero-order chi connectivity index (χ0) is 37.7. The van der Waals surface area contributed by atoms with Gasteiger partial charge in [-0.3, -0.25) is 0 Å². The van der Waals surface area contributed by atoms with Crippen LogP contribution in [0.25, 0.3) is 87.2 Å².